The standard InChI is InChI=1S/C14H10ClF6N3O/c1-24-9(6-10(23-24)14(19,20)21)11(12(25)22-15)7-2-4-8(5-3-7)13(16,17)18/h2-6,11H,1H3,(H,22,25). The second-order valence-electron chi connectivity index (χ2n) is 5.09. The SMILES string of the molecule is Cn1nc(C(F)(F)F)cc1C(C(=O)NCl)c1ccc(C(F)(F)F)cc1. The van der Waals surface area contributed by atoms with E-state index in [0.29, 0.717) is 6.07 Å². The maximum absolute atomic E-state index is 12.8. The molecule has 0 fully saturated rings. The number of benzene rings is 1. The first-order valence-corrected chi connectivity index (χ1v) is 7.01. The Morgan fingerprint density at radius 3 is 2.08 bits per heavy atom. The summed E-state index contributed by atoms with van der Waals surface area (Å²) in [5.74, 6) is -2.27. The van der Waals surface area contributed by atoms with Gasteiger partial charge in [0.25, 0.3) is 0 Å². The van der Waals surface area contributed by atoms with Crippen molar-refractivity contribution in [2.24, 2.45) is 7.05 Å². The zero-order valence-electron chi connectivity index (χ0n) is 12.4. The summed E-state index contributed by atoms with van der Waals surface area (Å²) in [6, 6.07) is 4.10. The average molecular weight is 386 g/mol. The van der Waals surface area contributed by atoms with Gasteiger partial charge in [-0.25, -0.2) is 0 Å². The van der Waals surface area contributed by atoms with Crippen LogP contribution >= 0.6 is 11.8 Å². The van der Waals surface area contributed by atoms with Gasteiger partial charge in [0.1, 0.15) is 5.92 Å². The first-order valence-electron chi connectivity index (χ1n) is 6.64. The van der Waals surface area contributed by atoms with Gasteiger partial charge in [-0.05, 0) is 23.8 Å². The first-order chi connectivity index (χ1) is 11.4. The maximum atomic E-state index is 12.8. The summed E-state index contributed by atoms with van der Waals surface area (Å²) in [4.78, 5) is 13.8. The van der Waals surface area contributed by atoms with E-state index in [0.717, 1.165) is 28.9 Å². The molecule has 1 heterocycles. The Bertz CT molecular complexity index is 766. The molecule has 0 saturated carbocycles. The third kappa shape index (κ3) is 4.06. The molecule has 2 rings (SSSR count). The fourth-order valence-electron chi connectivity index (χ4n) is 2.27. The summed E-state index contributed by atoms with van der Waals surface area (Å²) in [6.45, 7) is 0. The van der Waals surface area contributed by atoms with E-state index in [1.807, 2.05) is 0 Å². The molecule has 0 radical (unpaired) electrons. The number of amides is 1. The van der Waals surface area contributed by atoms with Crippen LogP contribution in [0.5, 0.6) is 0 Å². The van der Waals surface area contributed by atoms with Crippen molar-refractivity contribution in [2.75, 3.05) is 0 Å². The summed E-state index contributed by atoms with van der Waals surface area (Å²) in [6.07, 6.45) is -9.32. The molecule has 2 aromatic rings. The number of hydrogen-bond acceptors (Lipinski definition) is 2. The molecule has 1 aromatic carbocycles. The fourth-order valence-corrected chi connectivity index (χ4v) is 2.38. The van der Waals surface area contributed by atoms with Crippen LogP contribution in [0.3, 0.4) is 0 Å². The monoisotopic (exact) mass is 385 g/mol. The van der Waals surface area contributed by atoms with Gasteiger partial charge >= 0.3 is 12.4 Å². The molecule has 0 bridgehead atoms. The highest BCUT2D eigenvalue weighted by atomic mass is 35.5. The van der Waals surface area contributed by atoms with Crippen LogP contribution in [0.4, 0.5) is 26.3 Å². The molecule has 1 aromatic heterocycles. The number of carbonyl (C=O) groups is 1. The lowest BCUT2D eigenvalue weighted by atomic mass is 9.93. The summed E-state index contributed by atoms with van der Waals surface area (Å²) in [7, 11) is 1.18. The van der Waals surface area contributed by atoms with Gasteiger partial charge < -0.3 is 0 Å². The predicted molar refractivity (Wildman–Crippen MR) is 75.5 cm³/mol. The van der Waals surface area contributed by atoms with E-state index in [1.54, 1.807) is 4.84 Å². The van der Waals surface area contributed by atoms with E-state index in [1.165, 1.54) is 7.05 Å². The highest BCUT2D eigenvalue weighted by Gasteiger charge is 2.37. The third-order valence-corrected chi connectivity index (χ3v) is 3.62. The van der Waals surface area contributed by atoms with Gasteiger partial charge in [-0.3, -0.25) is 14.3 Å². The molecule has 136 valence electrons. The number of aryl methyl sites for hydroxylation is 1. The number of nitrogens with one attached hydrogen (secondary N) is 1. The van der Waals surface area contributed by atoms with Crippen LogP contribution in [0.2, 0.25) is 0 Å². The zero-order valence-corrected chi connectivity index (χ0v) is 13.2. The largest absolute Gasteiger partial charge is 0.435 e. The summed E-state index contributed by atoms with van der Waals surface area (Å²) >= 11 is 5.27. The zero-order chi connectivity index (χ0) is 19.0. The van der Waals surface area contributed by atoms with E-state index < -0.39 is 35.4 Å². The second kappa shape index (κ2) is 6.58. The summed E-state index contributed by atoms with van der Waals surface area (Å²) < 4.78 is 77.1. The van der Waals surface area contributed by atoms with Crippen LogP contribution in [-0.2, 0) is 24.2 Å². The second-order valence-corrected chi connectivity index (χ2v) is 5.28. The Morgan fingerprint density at radius 2 is 1.68 bits per heavy atom. The molecule has 0 aliphatic carbocycles. The lowest BCUT2D eigenvalue weighted by molar-refractivity contribution is -0.141. The normalized spacial score (nSPS) is 13.6. The molecule has 1 N–H and O–H groups in total. The smallest absolute Gasteiger partial charge is 0.273 e. The number of hydrogen-bond donors (Lipinski definition) is 1. The van der Waals surface area contributed by atoms with Gasteiger partial charge in [-0.15, -0.1) is 0 Å². The van der Waals surface area contributed by atoms with Gasteiger partial charge in [0.15, 0.2) is 5.69 Å². The van der Waals surface area contributed by atoms with Crippen molar-refractivity contribution in [3.63, 3.8) is 0 Å². The fraction of sp³-hybridized carbons (Fsp3) is 0.286. The van der Waals surface area contributed by atoms with Crippen LogP contribution in [-0.4, -0.2) is 15.7 Å². The van der Waals surface area contributed by atoms with E-state index in [-0.39, 0.29) is 11.3 Å². The lowest BCUT2D eigenvalue weighted by Crippen LogP contribution is -2.25. The van der Waals surface area contributed by atoms with Crippen LogP contribution in [0.15, 0.2) is 30.3 Å². The molecule has 25 heavy (non-hydrogen) atoms. The Balaban J connectivity index is 2.51. The van der Waals surface area contributed by atoms with E-state index in [2.05, 4.69) is 5.10 Å². The molecular weight excluding hydrogens is 376 g/mol. The summed E-state index contributed by atoms with van der Waals surface area (Å²) in [5.41, 5.74) is -2.33. The van der Waals surface area contributed by atoms with Gasteiger partial charge in [0.2, 0.25) is 5.91 Å². The number of halogens is 7. The minimum absolute atomic E-state index is 0.0304. The molecule has 11 heteroatoms. The minimum Gasteiger partial charge on any atom is -0.273 e. The lowest BCUT2D eigenvalue weighted by Gasteiger charge is -2.16. The molecular formula is C14H10ClF6N3O. The van der Waals surface area contributed by atoms with Crippen molar-refractivity contribution in [3.8, 4) is 0 Å². The third-order valence-electron chi connectivity index (χ3n) is 3.43. The molecule has 0 saturated heterocycles. The molecule has 1 amide bonds. The van der Waals surface area contributed by atoms with Crippen molar-refractivity contribution in [2.45, 2.75) is 18.3 Å². The van der Waals surface area contributed by atoms with E-state index in [4.69, 9.17) is 11.8 Å². The Kier molecular flexibility index (Phi) is 5.03. The number of carbonyl (C=O) groups excluding carboxylic acids is 1. The molecule has 0 spiro atoms. The quantitative estimate of drug-likeness (QED) is 0.644. The van der Waals surface area contributed by atoms with Crippen molar-refractivity contribution >= 4 is 17.7 Å². The maximum Gasteiger partial charge on any atom is 0.435 e. The number of nitrogens with zero attached hydrogens (tertiary/aromatic N) is 2. The molecule has 4 nitrogen and oxygen atoms in total. The van der Waals surface area contributed by atoms with Gasteiger partial charge in [-0.2, -0.15) is 31.4 Å². The Morgan fingerprint density at radius 1 is 1.12 bits per heavy atom. The average Bonchev–Trinajstić information content (AvgIpc) is 2.89. The van der Waals surface area contributed by atoms with Crippen molar-refractivity contribution in [3.05, 3.63) is 52.8 Å². The summed E-state index contributed by atoms with van der Waals surface area (Å²) in [5, 5.41) is 3.29. The van der Waals surface area contributed by atoms with E-state index >= 15 is 0 Å². The highest BCUT2D eigenvalue weighted by Crippen LogP contribution is 2.34. The molecule has 1 atom stereocenters. The number of rotatable bonds is 3. The predicted octanol–water partition coefficient (Wildman–Crippen LogP) is 3.86. The first kappa shape index (κ1) is 19.1. The van der Waals surface area contributed by atoms with Gasteiger partial charge in [0, 0.05) is 18.8 Å². The van der Waals surface area contributed by atoms with Crippen LogP contribution in [0.25, 0.3) is 0 Å². The van der Waals surface area contributed by atoms with Gasteiger partial charge in [0.05, 0.1) is 11.3 Å². The molecule has 0 aliphatic rings. The Labute approximate surface area is 142 Å². The molecule has 0 aliphatic heterocycles. The van der Waals surface area contributed by atoms with Crippen molar-refractivity contribution in [1.82, 2.24) is 14.6 Å². The van der Waals surface area contributed by atoms with Crippen LogP contribution < -0.4 is 4.84 Å². The van der Waals surface area contributed by atoms with Crippen molar-refractivity contribution in [1.29, 1.82) is 0 Å². The van der Waals surface area contributed by atoms with Crippen LogP contribution in [0.1, 0.15) is 28.4 Å². The Hall–Kier alpha value is -2.23. The highest BCUT2D eigenvalue weighted by molar-refractivity contribution is 6.22. The number of aromatic nitrogens is 2. The minimum atomic E-state index is -4.74. The van der Waals surface area contributed by atoms with Gasteiger partial charge in [-0.1, -0.05) is 12.1 Å². The topological polar surface area (TPSA) is 46.9 Å². The molecule has 1 unspecified atom stereocenters. The van der Waals surface area contributed by atoms with Crippen LogP contribution in [0, 0.1) is 0 Å². The number of alkyl halides is 6. The van der Waals surface area contributed by atoms with Crippen molar-refractivity contribution < 1.29 is 31.1 Å². The van der Waals surface area contributed by atoms with E-state index in [9.17, 15) is 31.1 Å².